The van der Waals surface area contributed by atoms with Crippen LogP contribution in [-0.4, -0.2) is 18.6 Å². The summed E-state index contributed by atoms with van der Waals surface area (Å²) in [6, 6.07) is 8.96. The standard InChI is InChI=1S/C13H20BrNS/c1-10(9-16-3)8-15-11(2)12-4-6-13(14)7-5-12/h4-7,10-11,15H,8-9H2,1-3H3. The Morgan fingerprint density at radius 2 is 1.88 bits per heavy atom. The van der Waals surface area contributed by atoms with E-state index in [0.29, 0.717) is 6.04 Å². The van der Waals surface area contributed by atoms with E-state index in [9.17, 15) is 0 Å². The quantitative estimate of drug-likeness (QED) is 0.849. The summed E-state index contributed by atoms with van der Waals surface area (Å²) in [5.74, 6) is 1.95. The van der Waals surface area contributed by atoms with Crippen molar-refractivity contribution in [2.45, 2.75) is 19.9 Å². The Morgan fingerprint density at radius 1 is 1.25 bits per heavy atom. The predicted octanol–water partition coefficient (Wildman–Crippen LogP) is 4.10. The van der Waals surface area contributed by atoms with Gasteiger partial charge in [-0.1, -0.05) is 35.0 Å². The summed E-state index contributed by atoms with van der Waals surface area (Å²) in [5.41, 5.74) is 1.35. The van der Waals surface area contributed by atoms with Gasteiger partial charge in [-0.05, 0) is 49.1 Å². The lowest BCUT2D eigenvalue weighted by atomic mass is 10.1. The summed E-state index contributed by atoms with van der Waals surface area (Å²) >= 11 is 5.37. The SMILES string of the molecule is CSCC(C)CNC(C)c1ccc(Br)cc1. The minimum absolute atomic E-state index is 0.428. The van der Waals surface area contributed by atoms with Crippen molar-refractivity contribution >= 4 is 27.7 Å². The highest BCUT2D eigenvalue weighted by atomic mass is 79.9. The number of hydrogen-bond donors (Lipinski definition) is 1. The minimum Gasteiger partial charge on any atom is -0.310 e. The molecule has 0 fully saturated rings. The van der Waals surface area contributed by atoms with Gasteiger partial charge in [-0.3, -0.25) is 0 Å². The molecule has 2 unspecified atom stereocenters. The van der Waals surface area contributed by atoms with Crippen LogP contribution in [-0.2, 0) is 0 Å². The maximum Gasteiger partial charge on any atom is 0.0291 e. The van der Waals surface area contributed by atoms with Crippen molar-refractivity contribution in [1.82, 2.24) is 5.32 Å². The molecule has 0 spiro atoms. The van der Waals surface area contributed by atoms with Gasteiger partial charge < -0.3 is 5.32 Å². The van der Waals surface area contributed by atoms with E-state index in [4.69, 9.17) is 0 Å². The molecule has 0 heterocycles. The lowest BCUT2D eigenvalue weighted by Gasteiger charge is -2.17. The number of nitrogens with one attached hydrogen (secondary N) is 1. The molecule has 0 aromatic heterocycles. The highest BCUT2D eigenvalue weighted by molar-refractivity contribution is 9.10. The lowest BCUT2D eigenvalue weighted by Crippen LogP contribution is -2.25. The van der Waals surface area contributed by atoms with E-state index in [1.54, 1.807) is 0 Å². The molecule has 1 aromatic carbocycles. The average molecular weight is 302 g/mol. The van der Waals surface area contributed by atoms with Crippen molar-refractivity contribution in [1.29, 1.82) is 0 Å². The van der Waals surface area contributed by atoms with E-state index in [1.165, 1.54) is 11.3 Å². The van der Waals surface area contributed by atoms with Gasteiger partial charge in [-0.2, -0.15) is 11.8 Å². The first-order valence-electron chi connectivity index (χ1n) is 5.61. The molecule has 90 valence electrons. The third kappa shape index (κ3) is 4.89. The minimum atomic E-state index is 0.428. The Bertz CT molecular complexity index is 299. The van der Waals surface area contributed by atoms with Crippen molar-refractivity contribution < 1.29 is 0 Å². The van der Waals surface area contributed by atoms with Crippen LogP contribution < -0.4 is 5.32 Å². The van der Waals surface area contributed by atoms with Gasteiger partial charge in [0.2, 0.25) is 0 Å². The van der Waals surface area contributed by atoms with Crippen LogP contribution in [0.3, 0.4) is 0 Å². The van der Waals surface area contributed by atoms with E-state index in [1.807, 2.05) is 11.8 Å². The normalized spacial score (nSPS) is 14.8. The van der Waals surface area contributed by atoms with Crippen molar-refractivity contribution in [3.8, 4) is 0 Å². The fourth-order valence-electron chi connectivity index (χ4n) is 1.59. The van der Waals surface area contributed by atoms with Gasteiger partial charge in [-0.25, -0.2) is 0 Å². The topological polar surface area (TPSA) is 12.0 Å². The molecule has 3 heteroatoms. The van der Waals surface area contributed by atoms with Crippen LogP contribution in [0.5, 0.6) is 0 Å². The fraction of sp³-hybridized carbons (Fsp3) is 0.538. The number of thioether (sulfide) groups is 1. The van der Waals surface area contributed by atoms with E-state index < -0.39 is 0 Å². The Balaban J connectivity index is 2.40. The number of hydrogen-bond acceptors (Lipinski definition) is 2. The van der Waals surface area contributed by atoms with Crippen LogP contribution >= 0.6 is 27.7 Å². The molecule has 2 atom stereocenters. The van der Waals surface area contributed by atoms with Crippen LogP contribution in [0.2, 0.25) is 0 Å². The van der Waals surface area contributed by atoms with Gasteiger partial charge in [0.05, 0.1) is 0 Å². The second kappa shape index (κ2) is 7.36. The average Bonchev–Trinajstić information content (AvgIpc) is 2.27. The first-order chi connectivity index (χ1) is 7.63. The molecule has 0 aliphatic rings. The first kappa shape index (κ1) is 14.1. The Morgan fingerprint density at radius 3 is 2.44 bits per heavy atom. The highest BCUT2D eigenvalue weighted by Crippen LogP contribution is 2.16. The molecule has 0 aliphatic carbocycles. The Kier molecular flexibility index (Phi) is 6.47. The summed E-state index contributed by atoms with van der Waals surface area (Å²) in [6.07, 6.45) is 2.16. The second-order valence-corrected chi connectivity index (χ2v) is 6.07. The molecule has 0 amide bonds. The van der Waals surface area contributed by atoms with Crippen LogP contribution in [0, 0.1) is 5.92 Å². The first-order valence-corrected chi connectivity index (χ1v) is 7.80. The Labute approximate surface area is 112 Å². The molecule has 1 aromatic rings. The molecule has 0 radical (unpaired) electrons. The van der Waals surface area contributed by atoms with Crippen molar-refractivity contribution in [2.24, 2.45) is 5.92 Å². The molecule has 16 heavy (non-hydrogen) atoms. The van der Waals surface area contributed by atoms with Gasteiger partial charge >= 0.3 is 0 Å². The maximum absolute atomic E-state index is 3.57. The van der Waals surface area contributed by atoms with Crippen LogP contribution in [0.4, 0.5) is 0 Å². The third-order valence-corrected chi connectivity index (χ3v) is 4.02. The van der Waals surface area contributed by atoms with E-state index in [0.717, 1.165) is 16.9 Å². The maximum atomic E-state index is 3.57. The predicted molar refractivity (Wildman–Crippen MR) is 78.1 cm³/mol. The summed E-state index contributed by atoms with van der Waals surface area (Å²) in [7, 11) is 0. The molecule has 1 rings (SSSR count). The zero-order valence-electron chi connectivity index (χ0n) is 10.2. The zero-order chi connectivity index (χ0) is 12.0. The smallest absolute Gasteiger partial charge is 0.0291 e. The van der Waals surface area contributed by atoms with E-state index >= 15 is 0 Å². The van der Waals surface area contributed by atoms with Crippen LogP contribution in [0.1, 0.15) is 25.5 Å². The zero-order valence-corrected chi connectivity index (χ0v) is 12.6. The van der Waals surface area contributed by atoms with Crippen molar-refractivity contribution in [3.63, 3.8) is 0 Å². The molecular weight excluding hydrogens is 282 g/mol. The number of halogens is 1. The summed E-state index contributed by atoms with van der Waals surface area (Å²) < 4.78 is 1.14. The molecule has 0 saturated carbocycles. The van der Waals surface area contributed by atoms with E-state index in [-0.39, 0.29) is 0 Å². The molecule has 0 bridgehead atoms. The highest BCUT2D eigenvalue weighted by Gasteiger charge is 2.06. The fourth-order valence-corrected chi connectivity index (χ4v) is 2.54. The van der Waals surface area contributed by atoms with Crippen molar-refractivity contribution in [2.75, 3.05) is 18.6 Å². The summed E-state index contributed by atoms with van der Waals surface area (Å²) in [4.78, 5) is 0. The number of rotatable bonds is 6. The molecule has 1 N–H and O–H groups in total. The van der Waals surface area contributed by atoms with E-state index in [2.05, 4.69) is 65.6 Å². The van der Waals surface area contributed by atoms with Crippen LogP contribution in [0.15, 0.2) is 28.7 Å². The molecule has 1 nitrogen and oxygen atoms in total. The summed E-state index contributed by atoms with van der Waals surface area (Å²) in [6.45, 7) is 5.59. The van der Waals surface area contributed by atoms with Gasteiger partial charge in [0, 0.05) is 10.5 Å². The van der Waals surface area contributed by atoms with Crippen LogP contribution in [0.25, 0.3) is 0 Å². The van der Waals surface area contributed by atoms with Gasteiger partial charge in [0.1, 0.15) is 0 Å². The molecule has 0 aliphatic heterocycles. The Hall–Kier alpha value is 0.01000. The summed E-state index contributed by atoms with van der Waals surface area (Å²) in [5, 5.41) is 3.57. The largest absolute Gasteiger partial charge is 0.310 e. The second-order valence-electron chi connectivity index (χ2n) is 4.24. The van der Waals surface area contributed by atoms with Crippen molar-refractivity contribution in [3.05, 3.63) is 34.3 Å². The third-order valence-electron chi connectivity index (χ3n) is 2.59. The molecule has 0 saturated heterocycles. The van der Waals surface area contributed by atoms with Gasteiger partial charge in [-0.15, -0.1) is 0 Å². The number of benzene rings is 1. The lowest BCUT2D eigenvalue weighted by molar-refractivity contribution is 0.501. The van der Waals surface area contributed by atoms with Gasteiger partial charge in [0.15, 0.2) is 0 Å². The monoisotopic (exact) mass is 301 g/mol. The van der Waals surface area contributed by atoms with Gasteiger partial charge in [0.25, 0.3) is 0 Å². The molecular formula is C13H20BrNS.